The first-order chi connectivity index (χ1) is 17.7. The molecule has 1 atom stereocenters. The van der Waals surface area contributed by atoms with Gasteiger partial charge in [-0.05, 0) is 55.4 Å². The summed E-state index contributed by atoms with van der Waals surface area (Å²) in [5.74, 6) is -1.37. The van der Waals surface area contributed by atoms with Crippen LogP contribution in [0.25, 0.3) is 0 Å². The van der Waals surface area contributed by atoms with E-state index in [-0.39, 0.29) is 35.9 Å². The standard InChI is InChI=1S/C24H34BN5O7/c1-5-16(6-2)23(32)35-15-36-24(33)20-9-7-8-17-12-18(25(34)37-22(17)20)13-19(31)14-21-26-27-28-30(21)11-10-29(3)4/h7-9,16,18,34H,5-6,10-15H2,1-4H3/t18-/m1/s1. The Kier molecular flexibility index (Phi) is 10.2. The fourth-order valence-electron chi connectivity index (χ4n) is 4.14. The summed E-state index contributed by atoms with van der Waals surface area (Å²) in [5, 5.41) is 22.2. The van der Waals surface area contributed by atoms with Crippen LogP contribution in [0.15, 0.2) is 18.2 Å². The number of carbonyl (C=O) groups excluding carboxylic acids is 3. The van der Waals surface area contributed by atoms with Gasteiger partial charge in [-0.15, -0.1) is 5.10 Å². The minimum absolute atomic E-state index is 0.0402. The Labute approximate surface area is 216 Å². The Morgan fingerprint density at radius 1 is 1.24 bits per heavy atom. The Morgan fingerprint density at radius 2 is 2.00 bits per heavy atom. The van der Waals surface area contributed by atoms with E-state index in [2.05, 4.69) is 15.5 Å². The van der Waals surface area contributed by atoms with Crippen molar-refractivity contribution in [3.05, 3.63) is 35.2 Å². The third-order valence-corrected chi connectivity index (χ3v) is 6.36. The van der Waals surface area contributed by atoms with E-state index in [0.717, 1.165) is 6.54 Å². The van der Waals surface area contributed by atoms with Crippen LogP contribution in [0.5, 0.6) is 5.75 Å². The summed E-state index contributed by atoms with van der Waals surface area (Å²) in [6.07, 6.45) is 1.70. The molecular weight excluding hydrogens is 481 g/mol. The first-order valence-corrected chi connectivity index (χ1v) is 12.4. The number of carbonyl (C=O) groups is 3. The van der Waals surface area contributed by atoms with Crippen molar-refractivity contribution in [2.75, 3.05) is 27.4 Å². The number of ether oxygens (including phenoxy) is 2. The molecule has 13 heteroatoms. The first-order valence-electron chi connectivity index (χ1n) is 12.4. The number of likely N-dealkylation sites (N-methyl/N-ethyl adjacent to an activating group) is 1. The van der Waals surface area contributed by atoms with Gasteiger partial charge in [-0.3, -0.25) is 9.59 Å². The second-order valence-electron chi connectivity index (χ2n) is 9.33. The Balaban J connectivity index is 1.58. The summed E-state index contributed by atoms with van der Waals surface area (Å²) in [6.45, 7) is 4.55. The number of hydrogen-bond donors (Lipinski definition) is 1. The molecule has 0 amide bonds. The van der Waals surface area contributed by atoms with Crippen LogP contribution in [-0.4, -0.2) is 82.4 Å². The van der Waals surface area contributed by atoms with Gasteiger partial charge < -0.3 is 24.1 Å². The molecule has 2 heterocycles. The SMILES string of the molecule is CCC(CC)C(=O)OCOC(=O)c1cccc2c1OB(O)[C@@H](CC(=O)Cc1nnnn1CCN(C)C)C2. The molecule has 1 aliphatic rings. The summed E-state index contributed by atoms with van der Waals surface area (Å²) in [5.41, 5.74) is 0.780. The molecular formula is C24H34BN5O7. The van der Waals surface area contributed by atoms with Gasteiger partial charge in [-0.2, -0.15) is 0 Å². The minimum Gasteiger partial charge on any atom is -0.535 e. The molecule has 3 rings (SSSR count). The van der Waals surface area contributed by atoms with Gasteiger partial charge in [-0.25, -0.2) is 9.48 Å². The second-order valence-corrected chi connectivity index (χ2v) is 9.33. The Bertz CT molecular complexity index is 1090. The van der Waals surface area contributed by atoms with Crippen molar-refractivity contribution < 1.29 is 33.5 Å². The lowest BCUT2D eigenvalue weighted by molar-refractivity contribution is -0.157. The van der Waals surface area contributed by atoms with Crippen molar-refractivity contribution in [1.29, 1.82) is 0 Å². The number of fused-ring (bicyclic) bond motifs is 1. The fourth-order valence-corrected chi connectivity index (χ4v) is 4.14. The van der Waals surface area contributed by atoms with Crippen LogP contribution in [0, 0.1) is 5.92 Å². The zero-order valence-corrected chi connectivity index (χ0v) is 21.8. The number of Topliss-reactive ketones (excluding diaryl/α,β-unsaturated/α-hetero) is 1. The smallest absolute Gasteiger partial charge is 0.526 e. The molecule has 0 radical (unpaired) electrons. The van der Waals surface area contributed by atoms with Gasteiger partial charge in [0.25, 0.3) is 0 Å². The predicted molar refractivity (Wildman–Crippen MR) is 133 cm³/mol. The molecule has 0 fully saturated rings. The molecule has 1 N–H and O–H groups in total. The number of ketones is 1. The van der Waals surface area contributed by atoms with Gasteiger partial charge in [-0.1, -0.05) is 26.0 Å². The highest BCUT2D eigenvalue weighted by atomic mass is 16.7. The number of aromatic nitrogens is 4. The van der Waals surface area contributed by atoms with Crippen LogP contribution >= 0.6 is 0 Å². The molecule has 0 spiro atoms. The second kappa shape index (κ2) is 13.3. The van der Waals surface area contributed by atoms with Crippen LogP contribution in [0.1, 0.15) is 54.9 Å². The van der Waals surface area contributed by atoms with E-state index in [9.17, 15) is 19.4 Å². The third kappa shape index (κ3) is 7.59. The number of rotatable bonds is 13. The van der Waals surface area contributed by atoms with Gasteiger partial charge in [0.05, 0.1) is 18.9 Å². The summed E-state index contributed by atoms with van der Waals surface area (Å²) in [7, 11) is 2.58. The van der Waals surface area contributed by atoms with Crippen LogP contribution in [0.3, 0.4) is 0 Å². The van der Waals surface area contributed by atoms with Crippen molar-refractivity contribution in [2.24, 2.45) is 5.92 Å². The van der Waals surface area contributed by atoms with Crippen molar-refractivity contribution >= 4 is 24.8 Å². The lowest BCUT2D eigenvalue weighted by Gasteiger charge is -2.28. The molecule has 1 aromatic heterocycles. The van der Waals surface area contributed by atoms with Crippen LogP contribution < -0.4 is 4.65 Å². The summed E-state index contributed by atoms with van der Waals surface area (Å²) < 4.78 is 17.4. The summed E-state index contributed by atoms with van der Waals surface area (Å²) in [6, 6.07) is 4.95. The predicted octanol–water partition coefficient (Wildman–Crippen LogP) is 1.32. The number of para-hydroxylation sites is 1. The number of benzene rings is 1. The quantitative estimate of drug-likeness (QED) is 0.234. The molecule has 0 saturated carbocycles. The molecule has 12 nitrogen and oxygen atoms in total. The molecule has 2 aromatic rings. The van der Waals surface area contributed by atoms with Gasteiger partial charge in [0.1, 0.15) is 17.1 Å². The molecule has 0 aliphatic carbocycles. The van der Waals surface area contributed by atoms with E-state index in [0.29, 0.717) is 37.2 Å². The fraction of sp³-hybridized carbons (Fsp3) is 0.583. The zero-order chi connectivity index (χ0) is 26.9. The molecule has 200 valence electrons. The summed E-state index contributed by atoms with van der Waals surface area (Å²) >= 11 is 0. The minimum atomic E-state index is -1.29. The Morgan fingerprint density at radius 3 is 2.70 bits per heavy atom. The lowest BCUT2D eigenvalue weighted by Crippen LogP contribution is -2.36. The summed E-state index contributed by atoms with van der Waals surface area (Å²) in [4.78, 5) is 39.4. The zero-order valence-electron chi connectivity index (χ0n) is 21.8. The van der Waals surface area contributed by atoms with Gasteiger partial charge >= 0.3 is 19.1 Å². The van der Waals surface area contributed by atoms with Crippen LogP contribution in [0.4, 0.5) is 0 Å². The maximum atomic E-state index is 12.8. The number of tetrazole rings is 1. The molecule has 0 unspecified atom stereocenters. The maximum absolute atomic E-state index is 12.8. The number of hydrogen-bond acceptors (Lipinski definition) is 11. The van der Waals surface area contributed by atoms with Gasteiger partial charge in [0, 0.05) is 18.8 Å². The van der Waals surface area contributed by atoms with E-state index in [1.165, 1.54) is 6.07 Å². The van der Waals surface area contributed by atoms with E-state index < -0.39 is 31.7 Å². The monoisotopic (exact) mass is 515 g/mol. The largest absolute Gasteiger partial charge is 0.535 e. The average molecular weight is 515 g/mol. The lowest BCUT2D eigenvalue weighted by atomic mass is 9.64. The Hall–Kier alpha value is -3.32. The van der Waals surface area contributed by atoms with Crippen molar-refractivity contribution in [1.82, 2.24) is 25.1 Å². The van der Waals surface area contributed by atoms with E-state index in [1.54, 1.807) is 16.8 Å². The maximum Gasteiger partial charge on any atom is 0.526 e. The van der Waals surface area contributed by atoms with Gasteiger partial charge in [0.15, 0.2) is 5.82 Å². The normalized spacial score (nSPS) is 14.9. The van der Waals surface area contributed by atoms with Crippen molar-refractivity contribution in [3.63, 3.8) is 0 Å². The first kappa shape index (κ1) is 28.3. The molecule has 37 heavy (non-hydrogen) atoms. The van der Waals surface area contributed by atoms with Crippen molar-refractivity contribution in [2.45, 2.75) is 58.3 Å². The number of esters is 2. The van der Waals surface area contributed by atoms with E-state index in [4.69, 9.17) is 14.1 Å². The molecule has 1 aromatic carbocycles. The van der Waals surface area contributed by atoms with Crippen LogP contribution in [-0.2, 0) is 38.4 Å². The molecule has 0 bridgehead atoms. The van der Waals surface area contributed by atoms with E-state index >= 15 is 0 Å². The highest BCUT2D eigenvalue weighted by molar-refractivity contribution is 6.47. The number of nitrogens with zero attached hydrogens (tertiary/aromatic N) is 5. The van der Waals surface area contributed by atoms with E-state index in [1.807, 2.05) is 32.8 Å². The highest BCUT2D eigenvalue weighted by Crippen LogP contribution is 2.36. The van der Waals surface area contributed by atoms with Gasteiger partial charge in [0.2, 0.25) is 6.79 Å². The molecule has 0 saturated heterocycles. The van der Waals surface area contributed by atoms with Crippen LogP contribution in [0.2, 0.25) is 5.82 Å². The highest BCUT2D eigenvalue weighted by Gasteiger charge is 2.38. The topological polar surface area (TPSA) is 146 Å². The average Bonchev–Trinajstić information content (AvgIpc) is 3.30. The molecule has 1 aliphatic heterocycles. The third-order valence-electron chi connectivity index (χ3n) is 6.36. The van der Waals surface area contributed by atoms with Crippen molar-refractivity contribution in [3.8, 4) is 5.75 Å².